The fourth-order valence-electron chi connectivity index (χ4n) is 6.11. The summed E-state index contributed by atoms with van der Waals surface area (Å²) < 4.78 is 54.5. The van der Waals surface area contributed by atoms with Gasteiger partial charge >= 0.3 is 18.1 Å². The van der Waals surface area contributed by atoms with Gasteiger partial charge in [0.25, 0.3) is 0 Å². The summed E-state index contributed by atoms with van der Waals surface area (Å²) in [6, 6.07) is -1.65. The van der Waals surface area contributed by atoms with Crippen LogP contribution in [0.25, 0.3) is 0 Å². The van der Waals surface area contributed by atoms with E-state index >= 15 is 0 Å². The molecule has 0 radical (unpaired) electrons. The molecule has 0 spiro atoms. The van der Waals surface area contributed by atoms with Crippen LogP contribution in [0.3, 0.4) is 0 Å². The monoisotopic (exact) mass is 932 g/mol. The molecular weight excluding hydrogens is 869 g/mol. The highest BCUT2D eigenvalue weighted by molar-refractivity contribution is 6.14. The zero-order chi connectivity index (χ0) is 49.7. The molecule has 23 heteroatoms. The average molecular weight is 933 g/mol. The van der Waals surface area contributed by atoms with Crippen molar-refractivity contribution in [1.29, 1.82) is 0 Å². The maximum Gasteiger partial charge on any atom is 0.391 e. The number of hydrogen-bond acceptors (Lipinski definition) is 13. The van der Waals surface area contributed by atoms with Crippen molar-refractivity contribution in [3.05, 3.63) is 35.4 Å². The maximum atomic E-state index is 14.3. The number of halogens is 3. The van der Waals surface area contributed by atoms with Crippen molar-refractivity contribution in [3.63, 3.8) is 0 Å². The van der Waals surface area contributed by atoms with E-state index in [2.05, 4.69) is 21.3 Å². The third-order valence-corrected chi connectivity index (χ3v) is 9.65. The Morgan fingerprint density at radius 1 is 0.769 bits per heavy atom. The third-order valence-electron chi connectivity index (χ3n) is 9.65. The number of carbonyl (C=O) groups is 9. The fraction of sp³-hybridized carbons (Fsp3) is 0.643. The Labute approximate surface area is 375 Å². The number of alkyl halides is 3. The van der Waals surface area contributed by atoms with Gasteiger partial charge in [-0.05, 0) is 42.2 Å². The van der Waals surface area contributed by atoms with Crippen molar-refractivity contribution in [3.8, 4) is 0 Å². The van der Waals surface area contributed by atoms with Gasteiger partial charge in [-0.1, -0.05) is 58.9 Å². The van der Waals surface area contributed by atoms with Crippen LogP contribution in [0.4, 0.5) is 13.2 Å². The highest BCUT2D eigenvalue weighted by Crippen LogP contribution is 2.23. The fourth-order valence-corrected chi connectivity index (χ4v) is 6.11. The van der Waals surface area contributed by atoms with Crippen molar-refractivity contribution < 1.29 is 80.7 Å². The SMILES string of the molecule is COCCOCCOCC(=O)[C@](N)(CC(=O)O)C(=O)N[C@@H](CCC(=O)O)C(=O)N[C@@H](Cc1ccccc1C)C(=O)N[C@H](C(=O)N[C@@H](CC(C)C)C(=O)NC(C=O)CC(F)(F)F)C(C)(C)C. The molecule has 9 N–H and O–H groups in total. The summed E-state index contributed by atoms with van der Waals surface area (Å²) in [6.45, 7) is 9.17. The first-order valence-corrected chi connectivity index (χ1v) is 20.6. The molecule has 0 aliphatic rings. The van der Waals surface area contributed by atoms with E-state index in [0.717, 1.165) is 0 Å². The van der Waals surface area contributed by atoms with E-state index in [-0.39, 0.29) is 51.5 Å². The second-order valence-electron chi connectivity index (χ2n) is 16.8. The van der Waals surface area contributed by atoms with E-state index in [4.69, 9.17) is 19.9 Å². The Kier molecular flexibility index (Phi) is 23.9. The molecule has 0 aromatic heterocycles. The highest BCUT2D eigenvalue weighted by atomic mass is 19.4. The summed E-state index contributed by atoms with van der Waals surface area (Å²) >= 11 is 0. The molecule has 0 aliphatic carbocycles. The van der Waals surface area contributed by atoms with Gasteiger partial charge in [-0.15, -0.1) is 0 Å². The molecule has 0 fully saturated rings. The zero-order valence-corrected chi connectivity index (χ0v) is 37.6. The molecule has 1 aromatic carbocycles. The van der Waals surface area contributed by atoms with E-state index in [9.17, 15) is 66.5 Å². The predicted octanol–water partition coefficient (Wildman–Crippen LogP) is 0.491. The number of aldehydes is 1. The molecule has 1 unspecified atom stereocenters. The number of carbonyl (C=O) groups excluding carboxylic acids is 7. The largest absolute Gasteiger partial charge is 0.481 e. The van der Waals surface area contributed by atoms with Crippen LogP contribution in [0.15, 0.2) is 24.3 Å². The number of nitrogens with one attached hydrogen (secondary N) is 5. The van der Waals surface area contributed by atoms with Gasteiger partial charge in [0, 0.05) is 20.0 Å². The molecule has 0 bridgehead atoms. The van der Waals surface area contributed by atoms with E-state index in [0.29, 0.717) is 11.1 Å². The summed E-state index contributed by atoms with van der Waals surface area (Å²) in [7, 11) is 1.46. The Morgan fingerprint density at radius 3 is 1.88 bits per heavy atom. The van der Waals surface area contributed by atoms with Gasteiger partial charge in [-0.25, -0.2) is 0 Å². The third kappa shape index (κ3) is 21.3. The van der Waals surface area contributed by atoms with Crippen LogP contribution in [-0.4, -0.2) is 146 Å². The molecule has 65 heavy (non-hydrogen) atoms. The predicted molar refractivity (Wildman–Crippen MR) is 225 cm³/mol. The Morgan fingerprint density at radius 2 is 1.34 bits per heavy atom. The summed E-state index contributed by atoms with van der Waals surface area (Å²) in [6.07, 6.45) is -9.53. The van der Waals surface area contributed by atoms with Crippen LogP contribution >= 0.6 is 0 Å². The van der Waals surface area contributed by atoms with Crippen molar-refractivity contribution in [2.75, 3.05) is 40.1 Å². The Bertz CT molecular complexity index is 1810. The number of nitrogens with two attached hydrogens (primary N) is 1. The van der Waals surface area contributed by atoms with Gasteiger partial charge in [0.1, 0.15) is 37.1 Å². The number of benzene rings is 1. The number of rotatable bonds is 30. The smallest absolute Gasteiger partial charge is 0.391 e. The first-order chi connectivity index (χ1) is 30.1. The lowest BCUT2D eigenvalue weighted by molar-refractivity contribution is -0.148. The number of ketones is 1. The maximum absolute atomic E-state index is 14.3. The van der Waals surface area contributed by atoms with Gasteiger partial charge in [-0.3, -0.25) is 38.4 Å². The zero-order valence-electron chi connectivity index (χ0n) is 37.6. The first kappa shape index (κ1) is 57.5. The summed E-state index contributed by atoms with van der Waals surface area (Å²) in [5.41, 5.74) is 3.30. The Balaban J connectivity index is 3.56. The second kappa shape index (κ2) is 27.1. The number of aliphatic carboxylic acids is 2. The summed E-state index contributed by atoms with van der Waals surface area (Å²) in [5.74, 6) is -10.3. The number of carboxylic acids is 2. The molecule has 0 heterocycles. The Hall–Kier alpha value is -5.52. The lowest BCUT2D eigenvalue weighted by atomic mass is 9.85. The van der Waals surface area contributed by atoms with Crippen LogP contribution in [0.5, 0.6) is 0 Å². The number of hydrogen-bond donors (Lipinski definition) is 8. The number of aryl methyl sites for hydroxylation is 1. The minimum absolute atomic E-state index is 0.00219. The van der Waals surface area contributed by atoms with Crippen LogP contribution in [0.1, 0.15) is 77.8 Å². The van der Waals surface area contributed by atoms with Crippen LogP contribution in [-0.2, 0) is 63.8 Å². The normalized spacial score (nSPS) is 15.0. The molecule has 366 valence electrons. The topological polar surface area (TPSA) is 308 Å². The van der Waals surface area contributed by atoms with Crippen molar-refractivity contribution in [1.82, 2.24) is 26.6 Å². The quantitative estimate of drug-likeness (QED) is 0.0296. The molecule has 20 nitrogen and oxygen atoms in total. The van der Waals surface area contributed by atoms with Gasteiger partial charge in [0.2, 0.25) is 29.5 Å². The van der Waals surface area contributed by atoms with Gasteiger partial charge in [0.15, 0.2) is 11.3 Å². The number of ether oxygens (including phenoxy) is 3. The van der Waals surface area contributed by atoms with Crippen LogP contribution in [0, 0.1) is 18.3 Å². The van der Waals surface area contributed by atoms with Gasteiger partial charge < -0.3 is 61.5 Å². The number of methoxy groups -OCH3 is 1. The number of amides is 5. The van der Waals surface area contributed by atoms with E-state index in [1.807, 2.05) is 5.32 Å². The van der Waals surface area contributed by atoms with E-state index < -0.39 is 127 Å². The molecule has 1 rings (SSSR count). The van der Waals surface area contributed by atoms with Crippen LogP contribution < -0.4 is 32.3 Å². The van der Waals surface area contributed by atoms with Crippen molar-refractivity contribution >= 4 is 53.5 Å². The minimum atomic E-state index is -4.80. The number of carboxylic acid groups (broad SMARTS) is 2. The van der Waals surface area contributed by atoms with Gasteiger partial charge in [-0.2, -0.15) is 13.2 Å². The van der Waals surface area contributed by atoms with E-state index in [1.54, 1.807) is 65.8 Å². The lowest BCUT2D eigenvalue weighted by Crippen LogP contribution is -2.65. The summed E-state index contributed by atoms with van der Waals surface area (Å²) in [4.78, 5) is 117. The molecule has 5 amide bonds. The molecule has 6 atom stereocenters. The summed E-state index contributed by atoms with van der Waals surface area (Å²) in [5, 5.41) is 30.7. The van der Waals surface area contributed by atoms with Crippen LogP contribution in [0.2, 0.25) is 0 Å². The molecule has 1 aromatic rings. The lowest BCUT2D eigenvalue weighted by Gasteiger charge is -2.34. The number of Topliss-reactive ketones (excluding diaryl/α,β-unsaturated/α-hetero) is 1. The highest BCUT2D eigenvalue weighted by Gasteiger charge is 2.46. The second-order valence-corrected chi connectivity index (χ2v) is 16.8. The minimum Gasteiger partial charge on any atom is -0.481 e. The van der Waals surface area contributed by atoms with Gasteiger partial charge in [0.05, 0.1) is 45.3 Å². The average Bonchev–Trinajstić information content (AvgIpc) is 3.19. The standard InChI is InChI=1S/C42H63F3N6O14/c1-24(2)18-29(36(59)47-27(22-52)20-42(43,44)45)49-38(61)34(40(4,5)6)51-37(60)30(19-26-11-9-8-10-25(26)3)48-35(58)28(12-13-32(54)55)50-39(62)41(46,21-33(56)57)31(53)23-65-17-16-64-15-14-63-7/h8-11,22,24,27-30,34H,12-21,23,46H2,1-7H3,(H,47,59)(H,48,58)(H,49,61)(H,50,62)(H,51,60)(H,54,55)(H,56,57)/t27?,28-,29-,30-,34+,41+/m0/s1. The molecule has 0 aliphatic heterocycles. The van der Waals surface area contributed by atoms with Crippen molar-refractivity contribution in [2.24, 2.45) is 17.1 Å². The van der Waals surface area contributed by atoms with Crippen molar-refractivity contribution in [2.45, 2.75) is 122 Å². The molecular formula is C42H63F3N6O14. The molecule has 0 saturated carbocycles. The first-order valence-electron chi connectivity index (χ1n) is 20.6. The molecule has 0 saturated heterocycles. The van der Waals surface area contributed by atoms with E-state index in [1.165, 1.54) is 7.11 Å².